The van der Waals surface area contributed by atoms with Gasteiger partial charge in [0.1, 0.15) is 5.75 Å². The number of hydrogen-bond acceptors (Lipinski definition) is 2. The largest absolute Gasteiger partial charge is 0.492 e. The third-order valence-corrected chi connectivity index (χ3v) is 4.66. The number of rotatable bonds is 6. The average Bonchev–Trinajstić information content (AvgIpc) is 2.50. The molecular weight excluding hydrogens is 300 g/mol. The molecule has 2 amide bonds. The second-order valence-corrected chi connectivity index (χ2v) is 6.48. The number of benzene rings is 1. The van der Waals surface area contributed by atoms with Gasteiger partial charge in [-0.2, -0.15) is 0 Å². The molecule has 0 bridgehead atoms. The van der Waals surface area contributed by atoms with Crippen molar-refractivity contribution in [2.45, 2.75) is 45.1 Å². The number of carbonyl (C=O) groups excluding carboxylic acids is 1. The van der Waals surface area contributed by atoms with E-state index in [1.807, 2.05) is 23.1 Å². The van der Waals surface area contributed by atoms with E-state index in [-0.39, 0.29) is 12.1 Å². The number of urea groups is 1. The molecule has 4 nitrogen and oxygen atoms in total. The number of ether oxygens (including phenoxy) is 1. The van der Waals surface area contributed by atoms with Crippen molar-refractivity contribution in [1.29, 1.82) is 0 Å². The minimum Gasteiger partial charge on any atom is -0.492 e. The molecule has 1 aromatic carbocycles. The Hall–Kier alpha value is -1.42. The number of carbonyl (C=O) groups is 1. The summed E-state index contributed by atoms with van der Waals surface area (Å²) in [6, 6.07) is 7.37. The second-order valence-electron chi connectivity index (χ2n) is 6.08. The molecule has 1 aromatic rings. The van der Waals surface area contributed by atoms with Gasteiger partial charge in [0, 0.05) is 12.6 Å². The van der Waals surface area contributed by atoms with Gasteiger partial charge in [-0.15, -0.1) is 0 Å². The summed E-state index contributed by atoms with van der Waals surface area (Å²) >= 11 is 6.04. The maximum Gasteiger partial charge on any atom is 0.315 e. The van der Waals surface area contributed by atoms with E-state index >= 15 is 0 Å². The van der Waals surface area contributed by atoms with E-state index in [2.05, 4.69) is 6.92 Å². The molecule has 2 rings (SSSR count). The molecule has 122 valence electrons. The van der Waals surface area contributed by atoms with Crippen LogP contribution >= 0.6 is 11.6 Å². The lowest BCUT2D eigenvalue weighted by atomic mass is 9.86. The molecule has 0 aromatic heterocycles. The zero-order valence-corrected chi connectivity index (χ0v) is 13.9. The minimum absolute atomic E-state index is 0.286. The molecule has 0 aliphatic heterocycles. The van der Waals surface area contributed by atoms with E-state index in [0.717, 1.165) is 25.2 Å². The molecule has 1 fully saturated rings. The van der Waals surface area contributed by atoms with E-state index < -0.39 is 0 Å². The second kappa shape index (κ2) is 8.28. The fraction of sp³-hybridized carbons (Fsp3) is 0.588. The summed E-state index contributed by atoms with van der Waals surface area (Å²) in [4.78, 5) is 13.5. The smallest absolute Gasteiger partial charge is 0.315 e. The number of para-hydroxylation sites is 1. The van der Waals surface area contributed by atoms with Crippen LogP contribution in [0, 0.1) is 5.92 Å². The van der Waals surface area contributed by atoms with Crippen molar-refractivity contribution in [2.24, 2.45) is 11.7 Å². The zero-order chi connectivity index (χ0) is 15.9. The van der Waals surface area contributed by atoms with Crippen LogP contribution in [0.3, 0.4) is 0 Å². The van der Waals surface area contributed by atoms with Gasteiger partial charge in [-0.3, -0.25) is 0 Å². The Kier molecular flexibility index (Phi) is 6.37. The summed E-state index contributed by atoms with van der Waals surface area (Å²) in [6.07, 6.45) is 5.19. The Morgan fingerprint density at radius 2 is 2.00 bits per heavy atom. The molecule has 0 heterocycles. The van der Waals surface area contributed by atoms with Crippen LogP contribution in [0.15, 0.2) is 24.3 Å². The molecule has 0 spiro atoms. The predicted molar refractivity (Wildman–Crippen MR) is 89.3 cm³/mol. The Balaban J connectivity index is 1.77. The molecule has 0 unspecified atom stereocenters. The number of nitrogens with two attached hydrogens (primary N) is 1. The van der Waals surface area contributed by atoms with E-state index in [0.29, 0.717) is 23.9 Å². The first-order valence-corrected chi connectivity index (χ1v) is 8.39. The highest BCUT2D eigenvalue weighted by molar-refractivity contribution is 6.32. The average molecular weight is 325 g/mol. The molecule has 0 radical (unpaired) electrons. The van der Waals surface area contributed by atoms with Gasteiger partial charge in [-0.25, -0.2) is 4.79 Å². The molecule has 0 saturated heterocycles. The van der Waals surface area contributed by atoms with E-state index in [1.54, 1.807) is 6.07 Å². The van der Waals surface area contributed by atoms with Gasteiger partial charge in [0.15, 0.2) is 0 Å². The van der Waals surface area contributed by atoms with Crippen LogP contribution in [-0.4, -0.2) is 30.1 Å². The molecule has 1 aliphatic rings. The monoisotopic (exact) mass is 324 g/mol. The molecule has 5 heteroatoms. The Bertz CT molecular complexity index is 487. The third kappa shape index (κ3) is 4.80. The first kappa shape index (κ1) is 16.9. The first-order chi connectivity index (χ1) is 10.6. The first-order valence-electron chi connectivity index (χ1n) is 8.01. The SMILES string of the molecule is CC1CCC(N(CCCOc2ccccc2Cl)C(N)=O)CC1. The highest BCUT2D eigenvalue weighted by atomic mass is 35.5. The summed E-state index contributed by atoms with van der Waals surface area (Å²) < 4.78 is 5.66. The lowest BCUT2D eigenvalue weighted by Crippen LogP contribution is -2.45. The van der Waals surface area contributed by atoms with Crippen LogP contribution in [0.25, 0.3) is 0 Å². The maximum atomic E-state index is 11.7. The van der Waals surface area contributed by atoms with Gasteiger partial charge in [0.2, 0.25) is 0 Å². The van der Waals surface area contributed by atoms with Crippen molar-refractivity contribution in [2.75, 3.05) is 13.2 Å². The standard InChI is InChI=1S/C17H25ClN2O2/c1-13-7-9-14(10-8-13)20(17(19)21)11-4-12-22-16-6-3-2-5-15(16)18/h2-3,5-6,13-14H,4,7-12H2,1H3,(H2,19,21). The number of hydrogen-bond donors (Lipinski definition) is 1. The number of amides is 2. The quantitative estimate of drug-likeness (QED) is 0.802. The Labute approximate surface area is 137 Å². The van der Waals surface area contributed by atoms with Crippen LogP contribution in [0.5, 0.6) is 5.75 Å². The summed E-state index contributed by atoms with van der Waals surface area (Å²) in [5, 5.41) is 0.607. The third-order valence-electron chi connectivity index (χ3n) is 4.35. The summed E-state index contributed by atoms with van der Waals surface area (Å²) in [5.41, 5.74) is 5.54. The summed E-state index contributed by atoms with van der Waals surface area (Å²) in [6.45, 7) is 3.43. The lowest BCUT2D eigenvalue weighted by molar-refractivity contribution is 0.146. The molecule has 1 aliphatic carbocycles. The van der Waals surface area contributed by atoms with Crippen LogP contribution in [0.2, 0.25) is 5.02 Å². The highest BCUT2D eigenvalue weighted by Crippen LogP contribution is 2.27. The Morgan fingerprint density at radius 1 is 1.32 bits per heavy atom. The zero-order valence-electron chi connectivity index (χ0n) is 13.1. The van der Waals surface area contributed by atoms with Crippen molar-refractivity contribution >= 4 is 17.6 Å². The maximum absolute atomic E-state index is 11.7. The predicted octanol–water partition coefficient (Wildman–Crippen LogP) is 4.07. The van der Waals surface area contributed by atoms with Crippen molar-refractivity contribution < 1.29 is 9.53 Å². The molecule has 0 atom stereocenters. The van der Waals surface area contributed by atoms with Gasteiger partial charge in [-0.05, 0) is 50.2 Å². The summed E-state index contributed by atoms with van der Waals surface area (Å²) in [5.74, 6) is 1.44. The van der Waals surface area contributed by atoms with Crippen LogP contribution in [0.4, 0.5) is 4.79 Å². The van der Waals surface area contributed by atoms with Gasteiger partial charge in [0.05, 0.1) is 11.6 Å². The lowest BCUT2D eigenvalue weighted by Gasteiger charge is -2.35. The van der Waals surface area contributed by atoms with Crippen LogP contribution in [0.1, 0.15) is 39.0 Å². The number of halogens is 1. The Morgan fingerprint density at radius 3 is 2.64 bits per heavy atom. The van der Waals surface area contributed by atoms with Crippen molar-refractivity contribution in [3.05, 3.63) is 29.3 Å². The topological polar surface area (TPSA) is 55.6 Å². The van der Waals surface area contributed by atoms with Gasteiger partial charge < -0.3 is 15.4 Å². The van der Waals surface area contributed by atoms with E-state index in [9.17, 15) is 4.79 Å². The van der Waals surface area contributed by atoms with Crippen molar-refractivity contribution in [1.82, 2.24) is 4.90 Å². The highest BCUT2D eigenvalue weighted by Gasteiger charge is 2.25. The molecule has 2 N–H and O–H groups in total. The molecule has 1 saturated carbocycles. The van der Waals surface area contributed by atoms with Crippen LogP contribution < -0.4 is 10.5 Å². The molecule has 22 heavy (non-hydrogen) atoms. The number of primary amides is 1. The fourth-order valence-corrected chi connectivity index (χ4v) is 3.20. The normalized spacial score (nSPS) is 21.4. The summed E-state index contributed by atoms with van der Waals surface area (Å²) in [7, 11) is 0. The van der Waals surface area contributed by atoms with Crippen molar-refractivity contribution in [3.63, 3.8) is 0 Å². The van der Waals surface area contributed by atoms with Crippen LogP contribution in [-0.2, 0) is 0 Å². The van der Waals surface area contributed by atoms with Crippen molar-refractivity contribution in [3.8, 4) is 5.75 Å². The van der Waals surface area contributed by atoms with Gasteiger partial charge in [-0.1, -0.05) is 30.7 Å². The van der Waals surface area contributed by atoms with Gasteiger partial charge >= 0.3 is 6.03 Å². The number of nitrogens with zero attached hydrogens (tertiary/aromatic N) is 1. The van der Waals surface area contributed by atoms with E-state index in [1.165, 1.54) is 12.8 Å². The minimum atomic E-state index is -0.322. The molecular formula is C17H25ClN2O2. The van der Waals surface area contributed by atoms with E-state index in [4.69, 9.17) is 22.1 Å². The fourth-order valence-electron chi connectivity index (χ4n) is 3.01. The van der Waals surface area contributed by atoms with Gasteiger partial charge in [0.25, 0.3) is 0 Å².